The van der Waals surface area contributed by atoms with Gasteiger partial charge in [0.25, 0.3) is 0 Å². The topological polar surface area (TPSA) is 17.8 Å². The Balaban J connectivity index is 2.51. The third kappa shape index (κ3) is 2.52. The zero-order valence-corrected chi connectivity index (χ0v) is 11.4. The molecule has 0 spiro atoms. The molecule has 0 aliphatic rings. The Hall–Kier alpha value is -1.28. The number of benzene rings is 1. The van der Waals surface area contributed by atoms with Crippen molar-refractivity contribution in [3.8, 4) is 11.3 Å². The molecule has 0 saturated heterocycles. The van der Waals surface area contributed by atoms with Crippen LogP contribution in [-0.2, 0) is 12.5 Å². The normalized spacial score (nSPS) is 11.8. The minimum Gasteiger partial charge on any atom is -0.275 e. The van der Waals surface area contributed by atoms with Crippen molar-refractivity contribution in [3.05, 3.63) is 41.0 Å². The van der Waals surface area contributed by atoms with Crippen molar-refractivity contribution >= 4 is 11.6 Å². The van der Waals surface area contributed by atoms with E-state index in [0.717, 1.165) is 21.8 Å². The van der Waals surface area contributed by atoms with Crippen LogP contribution in [0.25, 0.3) is 11.3 Å². The highest BCUT2D eigenvalue weighted by Crippen LogP contribution is 2.32. The summed E-state index contributed by atoms with van der Waals surface area (Å²) in [6.45, 7) is 6.49. The smallest absolute Gasteiger partial charge is 0.0923 e. The summed E-state index contributed by atoms with van der Waals surface area (Å²) in [5.74, 6) is 0. The van der Waals surface area contributed by atoms with Gasteiger partial charge in [0.2, 0.25) is 0 Å². The Morgan fingerprint density at radius 3 is 2.41 bits per heavy atom. The lowest BCUT2D eigenvalue weighted by atomic mass is 9.86. The number of rotatable bonds is 1. The molecule has 0 amide bonds. The summed E-state index contributed by atoms with van der Waals surface area (Å²) < 4.78 is 1.81. The molecule has 90 valence electrons. The first-order valence-electron chi connectivity index (χ1n) is 5.68. The maximum Gasteiger partial charge on any atom is 0.0923 e. The van der Waals surface area contributed by atoms with Crippen molar-refractivity contribution in [3.63, 3.8) is 0 Å². The predicted molar refractivity (Wildman–Crippen MR) is 72.4 cm³/mol. The second kappa shape index (κ2) is 4.19. The summed E-state index contributed by atoms with van der Waals surface area (Å²) in [5, 5.41) is 5.22. The average molecular weight is 249 g/mol. The quantitative estimate of drug-likeness (QED) is 0.745. The van der Waals surface area contributed by atoms with Gasteiger partial charge in [0.15, 0.2) is 0 Å². The van der Waals surface area contributed by atoms with Gasteiger partial charge in [-0.25, -0.2) is 0 Å². The van der Waals surface area contributed by atoms with E-state index in [-0.39, 0.29) is 5.41 Å². The molecule has 0 saturated carbocycles. The molecule has 2 rings (SSSR count). The van der Waals surface area contributed by atoms with Crippen LogP contribution < -0.4 is 0 Å². The molecule has 0 N–H and O–H groups in total. The first-order chi connectivity index (χ1) is 7.88. The second-order valence-corrected chi connectivity index (χ2v) is 5.73. The van der Waals surface area contributed by atoms with E-state index in [1.54, 1.807) is 4.68 Å². The van der Waals surface area contributed by atoms with Crippen LogP contribution in [-0.4, -0.2) is 9.78 Å². The molecule has 1 aromatic heterocycles. The van der Waals surface area contributed by atoms with Gasteiger partial charge < -0.3 is 0 Å². The fraction of sp³-hybridized carbons (Fsp3) is 0.357. The number of nitrogens with zero attached hydrogens (tertiary/aromatic N) is 2. The predicted octanol–water partition coefficient (Wildman–Crippen LogP) is 4.04. The minimum atomic E-state index is 0.0435. The standard InChI is InChI=1S/C14H17ClN2/c1-14(2,3)11-9-10(5-6-12(11)15)13-7-8-17(4)16-13/h5-9H,1-4H3. The number of halogens is 1. The van der Waals surface area contributed by atoms with Crippen molar-refractivity contribution in [2.75, 3.05) is 0 Å². The molecule has 0 unspecified atom stereocenters. The van der Waals surface area contributed by atoms with Crippen LogP contribution in [0.15, 0.2) is 30.5 Å². The van der Waals surface area contributed by atoms with Crippen LogP contribution >= 0.6 is 11.6 Å². The molecule has 0 fully saturated rings. The van der Waals surface area contributed by atoms with Gasteiger partial charge in [-0.15, -0.1) is 0 Å². The number of aryl methyl sites for hydroxylation is 1. The minimum absolute atomic E-state index is 0.0435. The van der Waals surface area contributed by atoms with Crippen LogP contribution in [0.3, 0.4) is 0 Å². The molecule has 2 nitrogen and oxygen atoms in total. The molecule has 0 radical (unpaired) electrons. The Kier molecular flexibility index (Phi) is 3.00. The Bertz CT molecular complexity index is 535. The van der Waals surface area contributed by atoms with Gasteiger partial charge in [-0.1, -0.05) is 38.4 Å². The highest BCUT2D eigenvalue weighted by molar-refractivity contribution is 6.31. The largest absolute Gasteiger partial charge is 0.275 e. The zero-order valence-electron chi connectivity index (χ0n) is 10.7. The van der Waals surface area contributed by atoms with Gasteiger partial charge in [0.1, 0.15) is 0 Å². The maximum absolute atomic E-state index is 6.25. The summed E-state index contributed by atoms with van der Waals surface area (Å²) in [6, 6.07) is 8.10. The van der Waals surface area contributed by atoms with Crippen molar-refractivity contribution < 1.29 is 0 Å². The number of aromatic nitrogens is 2. The Morgan fingerprint density at radius 2 is 1.88 bits per heavy atom. The van der Waals surface area contributed by atoms with Gasteiger partial charge in [-0.2, -0.15) is 5.10 Å². The van der Waals surface area contributed by atoms with E-state index in [4.69, 9.17) is 11.6 Å². The van der Waals surface area contributed by atoms with E-state index < -0.39 is 0 Å². The van der Waals surface area contributed by atoms with Gasteiger partial charge in [0.05, 0.1) is 5.69 Å². The van der Waals surface area contributed by atoms with Gasteiger partial charge in [-0.05, 0) is 29.2 Å². The molecule has 1 heterocycles. The van der Waals surface area contributed by atoms with Gasteiger partial charge >= 0.3 is 0 Å². The molecule has 17 heavy (non-hydrogen) atoms. The monoisotopic (exact) mass is 248 g/mol. The molecule has 2 aromatic rings. The summed E-state index contributed by atoms with van der Waals surface area (Å²) in [5.41, 5.74) is 3.29. The van der Waals surface area contributed by atoms with E-state index in [2.05, 4.69) is 31.9 Å². The van der Waals surface area contributed by atoms with Crippen LogP contribution in [0.4, 0.5) is 0 Å². The number of hydrogen-bond acceptors (Lipinski definition) is 1. The summed E-state index contributed by atoms with van der Waals surface area (Å²) in [7, 11) is 1.92. The van der Waals surface area contributed by atoms with Crippen molar-refractivity contribution in [2.45, 2.75) is 26.2 Å². The summed E-state index contributed by atoms with van der Waals surface area (Å²) >= 11 is 6.25. The first-order valence-corrected chi connectivity index (χ1v) is 6.06. The third-order valence-corrected chi connectivity index (χ3v) is 3.11. The van der Waals surface area contributed by atoms with Gasteiger partial charge in [0, 0.05) is 23.8 Å². The van der Waals surface area contributed by atoms with E-state index >= 15 is 0 Å². The summed E-state index contributed by atoms with van der Waals surface area (Å²) in [6.07, 6.45) is 1.95. The van der Waals surface area contributed by atoms with Crippen molar-refractivity contribution in [1.82, 2.24) is 9.78 Å². The lowest BCUT2D eigenvalue weighted by molar-refractivity contribution is 0.590. The fourth-order valence-electron chi connectivity index (χ4n) is 1.83. The van der Waals surface area contributed by atoms with Crippen LogP contribution in [0.2, 0.25) is 5.02 Å². The first kappa shape index (κ1) is 12.2. The van der Waals surface area contributed by atoms with Crippen LogP contribution in [0, 0.1) is 0 Å². The van der Waals surface area contributed by atoms with Crippen LogP contribution in [0.5, 0.6) is 0 Å². The molecule has 3 heteroatoms. The average Bonchev–Trinajstić information content (AvgIpc) is 2.64. The van der Waals surface area contributed by atoms with E-state index in [0.29, 0.717) is 0 Å². The lowest BCUT2D eigenvalue weighted by Crippen LogP contribution is -2.11. The molecular weight excluding hydrogens is 232 g/mol. The van der Waals surface area contributed by atoms with Crippen LogP contribution in [0.1, 0.15) is 26.3 Å². The molecule has 0 aliphatic carbocycles. The van der Waals surface area contributed by atoms with Crippen molar-refractivity contribution in [1.29, 1.82) is 0 Å². The molecule has 0 bridgehead atoms. The Labute approximate surface area is 107 Å². The fourth-order valence-corrected chi connectivity index (χ4v) is 2.23. The van der Waals surface area contributed by atoms with Crippen molar-refractivity contribution in [2.24, 2.45) is 7.05 Å². The highest BCUT2D eigenvalue weighted by Gasteiger charge is 2.18. The lowest BCUT2D eigenvalue weighted by Gasteiger charge is -2.21. The Morgan fingerprint density at radius 1 is 1.18 bits per heavy atom. The van der Waals surface area contributed by atoms with E-state index in [9.17, 15) is 0 Å². The van der Waals surface area contributed by atoms with E-state index in [1.807, 2.05) is 31.4 Å². The number of hydrogen-bond donors (Lipinski definition) is 0. The third-order valence-electron chi connectivity index (χ3n) is 2.78. The van der Waals surface area contributed by atoms with Gasteiger partial charge in [-0.3, -0.25) is 4.68 Å². The summed E-state index contributed by atoms with van der Waals surface area (Å²) in [4.78, 5) is 0. The molecule has 0 aliphatic heterocycles. The maximum atomic E-state index is 6.25. The molecular formula is C14H17ClN2. The second-order valence-electron chi connectivity index (χ2n) is 5.32. The molecule has 1 aromatic carbocycles. The van der Waals surface area contributed by atoms with E-state index in [1.165, 1.54) is 0 Å². The zero-order chi connectivity index (χ0) is 12.6. The highest BCUT2D eigenvalue weighted by atomic mass is 35.5. The SMILES string of the molecule is Cn1ccc(-c2ccc(Cl)c(C(C)(C)C)c2)n1. The molecule has 0 atom stereocenters.